The van der Waals surface area contributed by atoms with Gasteiger partial charge >= 0.3 is 5.97 Å². The van der Waals surface area contributed by atoms with Crippen molar-refractivity contribution in [3.05, 3.63) is 83.9 Å². The van der Waals surface area contributed by atoms with Crippen LogP contribution in [0.4, 0.5) is 0 Å². The number of amides is 1. The van der Waals surface area contributed by atoms with Gasteiger partial charge in [-0.2, -0.15) is 0 Å². The number of carbonyl (C=O) groups excluding carboxylic acids is 2. The van der Waals surface area contributed by atoms with Gasteiger partial charge in [0.1, 0.15) is 16.8 Å². The van der Waals surface area contributed by atoms with Gasteiger partial charge in [-0.25, -0.2) is 9.78 Å². The standard InChI is InChI=1S/C28H27N3O4S/c1-34-22-11-12-23-24(18-22)36-26(29-23)20-9-6-10-21(17-20)27(32)31-15-13-30(14-16-31)25(28(33)35-2)19-7-4-3-5-8-19/h3-12,17-18,25H,13-16H2,1-2H3/t25-/m1/s1. The Hall–Kier alpha value is -3.75. The molecule has 1 fully saturated rings. The highest BCUT2D eigenvalue weighted by atomic mass is 32.1. The third-order valence-electron chi connectivity index (χ3n) is 6.46. The van der Waals surface area contributed by atoms with Crippen molar-refractivity contribution in [1.82, 2.24) is 14.8 Å². The first-order valence-corrected chi connectivity index (χ1v) is 12.6. The minimum absolute atomic E-state index is 0.0198. The number of ether oxygens (including phenoxy) is 2. The minimum Gasteiger partial charge on any atom is -0.497 e. The number of piperazine rings is 1. The van der Waals surface area contributed by atoms with Crippen LogP contribution in [-0.2, 0) is 9.53 Å². The fourth-order valence-corrected chi connectivity index (χ4v) is 5.54. The number of thiazole rings is 1. The van der Waals surface area contributed by atoms with Crippen LogP contribution >= 0.6 is 11.3 Å². The largest absolute Gasteiger partial charge is 0.497 e. The Bertz CT molecular complexity index is 1380. The number of hydrogen-bond acceptors (Lipinski definition) is 7. The van der Waals surface area contributed by atoms with E-state index in [9.17, 15) is 9.59 Å². The van der Waals surface area contributed by atoms with Gasteiger partial charge in [0, 0.05) is 37.3 Å². The Morgan fingerprint density at radius 3 is 2.42 bits per heavy atom. The van der Waals surface area contributed by atoms with Crippen molar-refractivity contribution in [3.63, 3.8) is 0 Å². The summed E-state index contributed by atoms with van der Waals surface area (Å²) < 4.78 is 11.4. The number of methoxy groups -OCH3 is 2. The monoisotopic (exact) mass is 501 g/mol. The van der Waals surface area contributed by atoms with Gasteiger partial charge in [0.05, 0.1) is 24.4 Å². The van der Waals surface area contributed by atoms with Gasteiger partial charge in [-0.3, -0.25) is 9.69 Å². The van der Waals surface area contributed by atoms with Crippen LogP contribution in [0.1, 0.15) is 22.0 Å². The molecule has 2 heterocycles. The van der Waals surface area contributed by atoms with E-state index < -0.39 is 6.04 Å². The summed E-state index contributed by atoms with van der Waals surface area (Å²) >= 11 is 1.58. The molecule has 7 nitrogen and oxygen atoms in total. The first-order valence-electron chi connectivity index (χ1n) is 11.8. The van der Waals surface area contributed by atoms with Crippen LogP contribution in [0.2, 0.25) is 0 Å². The van der Waals surface area contributed by atoms with Crippen molar-refractivity contribution < 1.29 is 19.1 Å². The van der Waals surface area contributed by atoms with Crippen LogP contribution < -0.4 is 4.74 Å². The smallest absolute Gasteiger partial charge is 0.327 e. The lowest BCUT2D eigenvalue weighted by Gasteiger charge is -2.38. The molecular weight excluding hydrogens is 474 g/mol. The first-order chi connectivity index (χ1) is 17.6. The molecule has 0 radical (unpaired) electrons. The average molecular weight is 502 g/mol. The fraction of sp³-hybridized carbons (Fsp3) is 0.250. The van der Waals surface area contributed by atoms with Gasteiger partial charge < -0.3 is 14.4 Å². The Balaban J connectivity index is 1.30. The Labute approximate surface area is 213 Å². The van der Waals surface area contributed by atoms with Crippen molar-refractivity contribution >= 4 is 33.4 Å². The third-order valence-corrected chi connectivity index (χ3v) is 7.53. The lowest BCUT2D eigenvalue weighted by molar-refractivity contribution is -0.148. The predicted octanol–water partition coefficient (Wildman–Crippen LogP) is 4.64. The zero-order valence-corrected chi connectivity index (χ0v) is 21.0. The molecule has 4 aromatic rings. The molecule has 184 valence electrons. The summed E-state index contributed by atoms with van der Waals surface area (Å²) in [6, 6.07) is 22.6. The van der Waals surface area contributed by atoms with Gasteiger partial charge in [-0.1, -0.05) is 42.5 Å². The second-order valence-electron chi connectivity index (χ2n) is 8.60. The van der Waals surface area contributed by atoms with E-state index >= 15 is 0 Å². The SMILES string of the molecule is COC(=O)[C@@H](c1ccccc1)N1CCN(C(=O)c2cccc(-c3nc4ccc(OC)cc4s3)c2)CC1. The number of benzene rings is 3. The zero-order valence-electron chi connectivity index (χ0n) is 20.2. The van der Waals surface area contributed by atoms with Crippen LogP contribution in [0.5, 0.6) is 5.75 Å². The fourth-order valence-electron chi connectivity index (χ4n) is 4.55. The second kappa shape index (κ2) is 10.5. The van der Waals surface area contributed by atoms with Gasteiger partial charge in [0.15, 0.2) is 0 Å². The van der Waals surface area contributed by atoms with Crippen molar-refractivity contribution in [2.75, 3.05) is 40.4 Å². The van der Waals surface area contributed by atoms with Gasteiger partial charge in [-0.15, -0.1) is 11.3 Å². The van der Waals surface area contributed by atoms with Crippen LogP contribution in [0, 0.1) is 0 Å². The summed E-state index contributed by atoms with van der Waals surface area (Å²) in [6.45, 7) is 2.23. The molecular formula is C28H27N3O4S. The topological polar surface area (TPSA) is 72.0 Å². The molecule has 36 heavy (non-hydrogen) atoms. The highest BCUT2D eigenvalue weighted by Gasteiger charge is 2.32. The van der Waals surface area contributed by atoms with Crippen LogP contribution in [-0.4, -0.2) is 67.1 Å². The molecule has 3 aromatic carbocycles. The number of hydrogen-bond donors (Lipinski definition) is 0. The Kier molecular flexibility index (Phi) is 6.97. The maximum absolute atomic E-state index is 13.4. The van der Waals surface area contributed by atoms with E-state index in [0.29, 0.717) is 31.7 Å². The molecule has 1 aliphatic heterocycles. The molecule has 0 unspecified atom stereocenters. The van der Waals surface area contributed by atoms with E-state index in [1.54, 1.807) is 18.4 Å². The average Bonchev–Trinajstić information content (AvgIpc) is 3.37. The molecule has 0 aliphatic carbocycles. The molecule has 0 saturated carbocycles. The summed E-state index contributed by atoms with van der Waals surface area (Å²) in [6.07, 6.45) is 0. The van der Waals surface area contributed by atoms with E-state index in [0.717, 1.165) is 32.1 Å². The van der Waals surface area contributed by atoms with Gasteiger partial charge in [0.2, 0.25) is 0 Å². The van der Waals surface area contributed by atoms with Crippen LogP contribution in [0.15, 0.2) is 72.8 Å². The minimum atomic E-state index is -0.477. The number of esters is 1. The second-order valence-corrected chi connectivity index (χ2v) is 9.63. The van der Waals surface area contributed by atoms with Crippen LogP contribution in [0.3, 0.4) is 0 Å². The lowest BCUT2D eigenvalue weighted by atomic mass is 10.0. The Morgan fingerprint density at radius 1 is 0.917 bits per heavy atom. The molecule has 1 aliphatic rings. The number of nitrogens with zero attached hydrogens (tertiary/aromatic N) is 3. The van der Waals surface area contributed by atoms with E-state index in [2.05, 4.69) is 4.90 Å². The van der Waals surface area contributed by atoms with Gasteiger partial charge in [-0.05, 0) is 35.9 Å². The summed E-state index contributed by atoms with van der Waals surface area (Å²) in [5, 5.41) is 0.863. The van der Waals surface area contributed by atoms with Crippen molar-refractivity contribution in [2.45, 2.75) is 6.04 Å². The maximum atomic E-state index is 13.4. The molecule has 0 N–H and O–H groups in total. The third kappa shape index (κ3) is 4.82. The molecule has 1 amide bonds. The number of rotatable bonds is 6. The molecule has 1 aromatic heterocycles. The summed E-state index contributed by atoms with van der Waals surface area (Å²) in [7, 11) is 3.06. The molecule has 0 bridgehead atoms. The summed E-state index contributed by atoms with van der Waals surface area (Å²) in [5.74, 6) is 0.484. The van der Waals surface area contributed by atoms with E-state index in [-0.39, 0.29) is 11.9 Å². The maximum Gasteiger partial charge on any atom is 0.327 e. The van der Waals surface area contributed by atoms with E-state index in [4.69, 9.17) is 14.5 Å². The van der Waals surface area contributed by atoms with Crippen molar-refractivity contribution in [1.29, 1.82) is 0 Å². The van der Waals surface area contributed by atoms with Gasteiger partial charge in [0.25, 0.3) is 5.91 Å². The Morgan fingerprint density at radius 2 is 1.69 bits per heavy atom. The van der Waals surface area contributed by atoms with Crippen molar-refractivity contribution in [3.8, 4) is 16.3 Å². The van der Waals surface area contributed by atoms with E-state index in [1.165, 1.54) is 7.11 Å². The first kappa shape index (κ1) is 24.0. The predicted molar refractivity (Wildman–Crippen MR) is 140 cm³/mol. The molecule has 1 saturated heterocycles. The van der Waals surface area contributed by atoms with E-state index in [1.807, 2.05) is 77.7 Å². The molecule has 1 atom stereocenters. The normalized spacial score (nSPS) is 15.0. The summed E-state index contributed by atoms with van der Waals surface area (Å²) in [5.41, 5.74) is 3.34. The lowest BCUT2D eigenvalue weighted by Crippen LogP contribution is -2.51. The van der Waals surface area contributed by atoms with Crippen molar-refractivity contribution in [2.24, 2.45) is 0 Å². The van der Waals surface area contributed by atoms with Crippen LogP contribution in [0.25, 0.3) is 20.8 Å². The zero-order chi connectivity index (χ0) is 25.1. The molecule has 8 heteroatoms. The summed E-state index contributed by atoms with van der Waals surface area (Å²) in [4.78, 5) is 34.6. The quantitative estimate of drug-likeness (QED) is 0.359. The number of aromatic nitrogens is 1. The number of carbonyl (C=O) groups is 2. The highest BCUT2D eigenvalue weighted by molar-refractivity contribution is 7.21. The number of fused-ring (bicyclic) bond motifs is 1. The highest BCUT2D eigenvalue weighted by Crippen LogP contribution is 2.33. The molecule has 5 rings (SSSR count). The molecule has 0 spiro atoms.